The van der Waals surface area contributed by atoms with E-state index < -0.39 is 0 Å². The Kier molecular flexibility index (Phi) is 5.15. The number of rotatable bonds is 3. The van der Waals surface area contributed by atoms with E-state index in [1.807, 2.05) is 6.07 Å². The fraction of sp³-hybridized carbons (Fsp3) is 0.714. The zero-order valence-electron chi connectivity index (χ0n) is 11.8. The first-order chi connectivity index (χ1) is 8.86. The molecule has 19 heavy (non-hydrogen) atoms. The van der Waals surface area contributed by atoms with E-state index in [2.05, 4.69) is 62.8 Å². The van der Waals surface area contributed by atoms with Crippen LogP contribution < -0.4 is 5.32 Å². The summed E-state index contributed by atoms with van der Waals surface area (Å²) in [6.45, 7) is 10.0. The van der Waals surface area contributed by atoms with Gasteiger partial charge in [0.1, 0.15) is 5.76 Å². The largest absolute Gasteiger partial charge is 0.452 e. The van der Waals surface area contributed by atoms with Crippen molar-refractivity contribution >= 4 is 31.9 Å². The quantitative estimate of drug-likeness (QED) is 0.835. The summed E-state index contributed by atoms with van der Waals surface area (Å²) in [5.74, 6) is 0.969. The molecule has 108 valence electrons. The summed E-state index contributed by atoms with van der Waals surface area (Å²) in [5.41, 5.74) is 0.293. The summed E-state index contributed by atoms with van der Waals surface area (Å²) < 4.78 is 7.33. The van der Waals surface area contributed by atoms with Gasteiger partial charge in [0.05, 0.1) is 11.0 Å². The number of likely N-dealkylation sites (tertiary alicyclic amines) is 1. The molecule has 0 radical (unpaired) electrons. The van der Waals surface area contributed by atoms with Crippen LogP contribution in [-0.2, 0) is 6.54 Å². The van der Waals surface area contributed by atoms with Gasteiger partial charge in [-0.2, -0.15) is 0 Å². The van der Waals surface area contributed by atoms with Gasteiger partial charge in [-0.25, -0.2) is 0 Å². The van der Waals surface area contributed by atoms with Crippen LogP contribution in [0.5, 0.6) is 0 Å². The zero-order chi connectivity index (χ0) is 14.0. The Hall–Kier alpha value is 0.160. The van der Waals surface area contributed by atoms with Crippen molar-refractivity contribution < 1.29 is 4.42 Å². The lowest BCUT2D eigenvalue weighted by molar-refractivity contribution is 0.0956. The average molecular weight is 394 g/mol. The molecule has 1 aliphatic heterocycles. The number of piperidine rings is 1. The van der Waals surface area contributed by atoms with Crippen LogP contribution in [-0.4, -0.2) is 29.6 Å². The molecule has 1 fully saturated rings. The third kappa shape index (κ3) is 4.31. The van der Waals surface area contributed by atoms with Gasteiger partial charge in [-0.15, -0.1) is 0 Å². The Morgan fingerprint density at radius 3 is 2.42 bits per heavy atom. The second-order valence-corrected chi connectivity index (χ2v) is 7.72. The van der Waals surface area contributed by atoms with Crippen LogP contribution in [0.4, 0.5) is 0 Å². The van der Waals surface area contributed by atoms with Crippen LogP contribution in [0.1, 0.15) is 39.4 Å². The second-order valence-electron chi connectivity index (χ2n) is 6.15. The van der Waals surface area contributed by atoms with Crippen molar-refractivity contribution in [1.82, 2.24) is 10.2 Å². The van der Waals surface area contributed by atoms with Gasteiger partial charge >= 0.3 is 0 Å². The monoisotopic (exact) mass is 392 g/mol. The average Bonchev–Trinajstić information content (AvgIpc) is 2.66. The number of nitrogens with zero attached hydrogens (tertiary/aromatic N) is 1. The van der Waals surface area contributed by atoms with Crippen molar-refractivity contribution in [2.75, 3.05) is 13.1 Å². The molecule has 0 bridgehead atoms. The van der Waals surface area contributed by atoms with Gasteiger partial charge in [0.15, 0.2) is 4.67 Å². The summed E-state index contributed by atoms with van der Waals surface area (Å²) in [6, 6.07) is 2.61. The van der Waals surface area contributed by atoms with Crippen LogP contribution in [0.3, 0.4) is 0 Å². The molecule has 5 heteroatoms. The van der Waals surface area contributed by atoms with Gasteiger partial charge < -0.3 is 9.73 Å². The van der Waals surface area contributed by atoms with E-state index in [0.29, 0.717) is 11.6 Å². The van der Waals surface area contributed by atoms with Crippen molar-refractivity contribution in [1.29, 1.82) is 0 Å². The van der Waals surface area contributed by atoms with E-state index in [9.17, 15) is 0 Å². The van der Waals surface area contributed by atoms with Gasteiger partial charge in [-0.05, 0) is 71.5 Å². The van der Waals surface area contributed by atoms with Crippen LogP contribution in [0.2, 0.25) is 0 Å². The maximum atomic E-state index is 5.58. The maximum Gasteiger partial charge on any atom is 0.183 e. The predicted molar refractivity (Wildman–Crippen MR) is 85.3 cm³/mol. The number of hydrogen-bond donors (Lipinski definition) is 1. The molecule has 1 aromatic heterocycles. The van der Waals surface area contributed by atoms with E-state index in [1.165, 1.54) is 25.9 Å². The lowest BCUT2D eigenvalue weighted by Gasteiger charge is -2.41. The maximum absolute atomic E-state index is 5.58. The van der Waals surface area contributed by atoms with E-state index in [0.717, 1.165) is 21.4 Å². The Balaban J connectivity index is 1.77. The number of furan rings is 1. The van der Waals surface area contributed by atoms with Gasteiger partial charge in [0.2, 0.25) is 0 Å². The van der Waals surface area contributed by atoms with Crippen molar-refractivity contribution in [3.05, 3.63) is 21.0 Å². The van der Waals surface area contributed by atoms with E-state index in [4.69, 9.17) is 4.42 Å². The van der Waals surface area contributed by atoms with Crippen LogP contribution >= 0.6 is 31.9 Å². The molecule has 0 atom stereocenters. The van der Waals surface area contributed by atoms with Crippen molar-refractivity contribution in [2.24, 2.45) is 0 Å². The Labute approximate surface area is 132 Å². The second kappa shape index (κ2) is 6.29. The third-order valence-electron chi connectivity index (χ3n) is 3.70. The summed E-state index contributed by atoms with van der Waals surface area (Å²) >= 11 is 6.80. The normalized spacial score (nSPS) is 19.0. The fourth-order valence-electron chi connectivity index (χ4n) is 2.48. The van der Waals surface area contributed by atoms with Crippen molar-refractivity contribution in [3.63, 3.8) is 0 Å². The smallest absolute Gasteiger partial charge is 0.183 e. The highest BCUT2D eigenvalue weighted by Crippen LogP contribution is 2.27. The Morgan fingerprint density at radius 1 is 1.32 bits per heavy atom. The molecule has 0 saturated carbocycles. The highest BCUT2D eigenvalue weighted by molar-refractivity contribution is 9.13. The lowest BCUT2D eigenvalue weighted by Crippen LogP contribution is -2.49. The van der Waals surface area contributed by atoms with Crippen molar-refractivity contribution in [3.8, 4) is 0 Å². The lowest BCUT2D eigenvalue weighted by atomic mass is 9.98. The standard InChI is InChI=1S/C14H22Br2N2O/c1-14(2,3)18-6-4-10(5-7-18)17-9-11-8-12(15)13(16)19-11/h8,10,17H,4-7,9H2,1-3H3. The number of halogens is 2. The summed E-state index contributed by atoms with van der Waals surface area (Å²) in [7, 11) is 0. The molecule has 0 unspecified atom stereocenters. The van der Waals surface area contributed by atoms with E-state index in [1.54, 1.807) is 0 Å². The first-order valence-electron chi connectivity index (χ1n) is 6.78. The topological polar surface area (TPSA) is 28.4 Å². The highest BCUT2D eigenvalue weighted by Gasteiger charge is 2.26. The summed E-state index contributed by atoms with van der Waals surface area (Å²) in [6.07, 6.45) is 2.42. The molecule has 1 aliphatic rings. The molecule has 0 aliphatic carbocycles. The summed E-state index contributed by atoms with van der Waals surface area (Å²) in [4.78, 5) is 2.56. The van der Waals surface area contributed by atoms with Gasteiger partial charge in [-0.3, -0.25) is 4.90 Å². The SMILES string of the molecule is CC(C)(C)N1CCC(NCc2cc(Br)c(Br)o2)CC1. The molecule has 3 nitrogen and oxygen atoms in total. The molecule has 0 spiro atoms. The predicted octanol–water partition coefficient (Wildman–Crippen LogP) is 4.16. The fourth-order valence-corrected chi connectivity index (χ4v) is 3.14. The molecule has 2 heterocycles. The minimum absolute atomic E-state index is 0.293. The van der Waals surface area contributed by atoms with Gasteiger partial charge in [0, 0.05) is 24.7 Å². The molecular formula is C14H22Br2N2O. The molecule has 1 N–H and O–H groups in total. The molecule has 0 aromatic carbocycles. The van der Waals surface area contributed by atoms with Crippen LogP contribution in [0.25, 0.3) is 0 Å². The molecule has 1 saturated heterocycles. The molecule has 1 aromatic rings. The molecule has 2 rings (SSSR count). The van der Waals surface area contributed by atoms with Crippen LogP contribution in [0, 0.1) is 0 Å². The zero-order valence-corrected chi connectivity index (χ0v) is 15.0. The van der Waals surface area contributed by atoms with Crippen molar-refractivity contribution in [2.45, 2.75) is 51.7 Å². The number of nitrogens with one attached hydrogen (secondary N) is 1. The highest BCUT2D eigenvalue weighted by atomic mass is 79.9. The minimum atomic E-state index is 0.293. The number of hydrogen-bond acceptors (Lipinski definition) is 3. The first kappa shape index (κ1) is 15.5. The Bertz CT molecular complexity index is 398. The van der Waals surface area contributed by atoms with Crippen LogP contribution in [0.15, 0.2) is 19.6 Å². The van der Waals surface area contributed by atoms with Gasteiger partial charge in [0.25, 0.3) is 0 Å². The third-order valence-corrected chi connectivity index (χ3v) is 5.41. The van der Waals surface area contributed by atoms with E-state index in [-0.39, 0.29) is 0 Å². The van der Waals surface area contributed by atoms with E-state index >= 15 is 0 Å². The Morgan fingerprint density at radius 2 is 1.95 bits per heavy atom. The molecule has 0 amide bonds. The molecular weight excluding hydrogens is 372 g/mol. The summed E-state index contributed by atoms with van der Waals surface area (Å²) in [5, 5.41) is 3.59. The minimum Gasteiger partial charge on any atom is -0.452 e. The van der Waals surface area contributed by atoms with Gasteiger partial charge in [-0.1, -0.05) is 0 Å². The first-order valence-corrected chi connectivity index (χ1v) is 8.37.